The van der Waals surface area contributed by atoms with E-state index < -0.39 is 0 Å². The van der Waals surface area contributed by atoms with Crippen LogP contribution in [0.25, 0.3) is 0 Å². The summed E-state index contributed by atoms with van der Waals surface area (Å²) in [6.45, 7) is 7.16. The van der Waals surface area contributed by atoms with Gasteiger partial charge in [0.05, 0.1) is 19.3 Å². The summed E-state index contributed by atoms with van der Waals surface area (Å²) in [5.74, 6) is 1.55. The van der Waals surface area contributed by atoms with Gasteiger partial charge in [0.25, 0.3) is 0 Å². The molecule has 1 aromatic carbocycles. The Bertz CT molecular complexity index is 350. The van der Waals surface area contributed by atoms with E-state index in [1.54, 1.807) is 7.11 Å². The first-order valence-corrected chi connectivity index (χ1v) is 6.08. The maximum Gasteiger partial charge on any atom is 0.125 e. The molecule has 0 aromatic heterocycles. The molecule has 0 fully saturated rings. The molecule has 0 atom stereocenters. The van der Waals surface area contributed by atoms with Gasteiger partial charge in [0.1, 0.15) is 18.1 Å². The highest BCUT2D eigenvalue weighted by Crippen LogP contribution is 2.25. The molecule has 0 aliphatic heterocycles. The van der Waals surface area contributed by atoms with Gasteiger partial charge >= 0.3 is 0 Å². The van der Waals surface area contributed by atoms with Gasteiger partial charge in [-0.25, -0.2) is 0 Å². The maximum absolute atomic E-state index is 5.64. The molecule has 1 rings (SSSR count). The van der Waals surface area contributed by atoms with Crippen LogP contribution in [-0.4, -0.2) is 33.0 Å². The Hall–Kier alpha value is -1.42. The normalized spacial score (nSPS) is 11.2. The van der Waals surface area contributed by atoms with E-state index in [1.807, 2.05) is 46.0 Å². The molecule has 0 bridgehead atoms. The highest BCUT2D eigenvalue weighted by atomic mass is 16.5. The third-order valence-corrected chi connectivity index (χ3v) is 2.29. The van der Waals surface area contributed by atoms with Crippen LogP contribution in [0.5, 0.6) is 11.5 Å². The van der Waals surface area contributed by atoms with Crippen LogP contribution in [-0.2, 0) is 4.74 Å². The summed E-state index contributed by atoms with van der Waals surface area (Å²) in [7, 11) is 3.50. The van der Waals surface area contributed by atoms with Gasteiger partial charge in [-0.3, -0.25) is 0 Å². The van der Waals surface area contributed by atoms with Crippen LogP contribution in [0.15, 0.2) is 18.2 Å². The van der Waals surface area contributed by atoms with Crippen LogP contribution in [0.4, 0.5) is 5.69 Å². The van der Waals surface area contributed by atoms with Crippen molar-refractivity contribution in [1.29, 1.82) is 0 Å². The van der Waals surface area contributed by atoms with Crippen molar-refractivity contribution in [3.05, 3.63) is 18.2 Å². The third kappa shape index (κ3) is 5.27. The van der Waals surface area contributed by atoms with Gasteiger partial charge in [-0.2, -0.15) is 0 Å². The van der Waals surface area contributed by atoms with Crippen molar-refractivity contribution in [2.75, 3.05) is 32.7 Å². The lowest BCUT2D eigenvalue weighted by molar-refractivity contribution is -0.0163. The van der Waals surface area contributed by atoms with Crippen molar-refractivity contribution in [2.45, 2.75) is 26.4 Å². The van der Waals surface area contributed by atoms with Crippen molar-refractivity contribution in [1.82, 2.24) is 0 Å². The molecule has 0 heterocycles. The first-order valence-electron chi connectivity index (χ1n) is 6.08. The zero-order valence-electron chi connectivity index (χ0n) is 11.9. The molecule has 1 N–H and O–H groups in total. The zero-order valence-corrected chi connectivity index (χ0v) is 11.9. The van der Waals surface area contributed by atoms with Crippen LogP contribution in [0, 0.1) is 0 Å². The number of benzene rings is 1. The van der Waals surface area contributed by atoms with E-state index in [0.29, 0.717) is 13.2 Å². The lowest BCUT2D eigenvalue weighted by atomic mass is 10.2. The summed E-state index contributed by atoms with van der Waals surface area (Å²) in [5.41, 5.74) is 0.828. The van der Waals surface area contributed by atoms with Crippen molar-refractivity contribution in [3.8, 4) is 11.5 Å². The molecule has 1 aromatic rings. The molecule has 102 valence electrons. The molecule has 0 radical (unpaired) electrons. The Kier molecular flexibility index (Phi) is 5.28. The molecule has 0 unspecified atom stereocenters. The smallest absolute Gasteiger partial charge is 0.125 e. The van der Waals surface area contributed by atoms with E-state index in [-0.39, 0.29) is 5.60 Å². The van der Waals surface area contributed by atoms with Gasteiger partial charge in [-0.05, 0) is 20.8 Å². The van der Waals surface area contributed by atoms with Crippen LogP contribution in [0.2, 0.25) is 0 Å². The fraction of sp³-hybridized carbons (Fsp3) is 0.571. The van der Waals surface area contributed by atoms with Gasteiger partial charge < -0.3 is 19.5 Å². The molecule has 0 saturated carbocycles. The highest BCUT2D eigenvalue weighted by Gasteiger charge is 2.09. The Morgan fingerprint density at radius 2 is 1.72 bits per heavy atom. The summed E-state index contributed by atoms with van der Waals surface area (Å²) >= 11 is 0. The summed E-state index contributed by atoms with van der Waals surface area (Å²) in [4.78, 5) is 0. The molecule has 0 saturated heterocycles. The van der Waals surface area contributed by atoms with E-state index in [9.17, 15) is 0 Å². The third-order valence-electron chi connectivity index (χ3n) is 2.29. The topological polar surface area (TPSA) is 39.7 Å². The number of rotatable bonds is 6. The second-order valence-corrected chi connectivity index (χ2v) is 4.96. The second kappa shape index (κ2) is 6.50. The van der Waals surface area contributed by atoms with Crippen molar-refractivity contribution >= 4 is 5.69 Å². The van der Waals surface area contributed by atoms with Gasteiger partial charge in [-0.15, -0.1) is 0 Å². The molecule has 0 spiro atoms. The van der Waals surface area contributed by atoms with Crippen LogP contribution < -0.4 is 14.8 Å². The Labute approximate surface area is 109 Å². The van der Waals surface area contributed by atoms with Crippen molar-refractivity contribution in [3.63, 3.8) is 0 Å². The average Bonchev–Trinajstić information content (AvgIpc) is 2.33. The summed E-state index contributed by atoms with van der Waals surface area (Å²) < 4.78 is 16.4. The monoisotopic (exact) mass is 253 g/mol. The predicted octanol–water partition coefficient (Wildman–Crippen LogP) is 2.93. The molecule has 4 heteroatoms. The van der Waals surface area contributed by atoms with Crippen molar-refractivity contribution < 1.29 is 14.2 Å². The minimum Gasteiger partial charge on any atom is -0.497 e. The number of hydrogen-bond acceptors (Lipinski definition) is 4. The molecule has 0 aliphatic rings. The SMILES string of the molecule is CNc1cc(OC)cc(OCCOC(C)(C)C)c1. The minimum absolute atomic E-state index is 0.131. The van der Waals surface area contributed by atoms with Crippen LogP contribution >= 0.6 is 0 Å². The van der Waals surface area contributed by atoms with E-state index in [1.165, 1.54) is 0 Å². The van der Waals surface area contributed by atoms with Gasteiger partial charge in [0, 0.05) is 30.9 Å². The first kappa shape index (κ1) is 14.6. The number of nitrogens with one attached hydrogen (secondary N) is 1. The van der Waals surface area contributed by atoms with Crippen molar-refractivity contribution in [2.24, 2.45) is 0 Å². The number of anilines is 1. The number of ether oxygens (including phenoxy) is 3. The zero-order chi connectivity index (χ0) is 13.6. The standard InChI is InChI=1S/C14H23NO3/c1-14(2,3)18-7-6-17-13-9-11(15-4)8-12(10-13)16-5/h8-10,15H,6-7H2,1-5H3. The van der Waals surface area contributed by atoms with Gasteiger partial charge in [0.2, 0.25) is 0 Å². The molecule has 0 amide bonds. The fourth-order valence-electron chi connectivity index (χ4n) is 1.42. The number of hydrogen-bond donors (Lipinski definition) is 1. The largest absolute Gasteiger partial charge is 0.497 e. The lowest BCUT2D eigenvalue weighted by Gasteiger charge is -2.19. The maximum atomic E-state index is 5.64. The fourth-order valence-corrected chi connectivity index (χ4v) is 1.42. The minimum atomic E-state index is -0.131. The molecule has 4 nitrogen and oxygen atoms in total. The quantitative estimate of drug-likeness (QED) is 0.791. The van der Waals surface area contributed by atoms with Gasteiger partial charge in [0.15, 0.2) is 0 Å². The van der Waals surface area contributed by atoms with E-state index in [2.05, 4.69) is 5.32 Å². The van der Waals surface area contributed by atoms with E-state index in [0.717, 1.165) is 17.2 Å². The lowest BCUT2D eigenvalue weighted by Crippen LogP contribution is -2.22. The van der Waals surface area contributed by atoms with Crippen LogP contribution in [0.3, 0.4) is 0 Å². The predicted molar refractivity (Wildman–Crippen MR) is 73.7 cm³/mol. The van der Waals surface area contributed by atoms with Gasteiger partial charge in [-0.1, -0.05) is 0 Å². The summed E-state index contributed by atoms with van der Waals surface area (Å²) in [6.07, 6.45) is 0. The molecular weight excluding hydrogens is 230 g/mol. The molecule has 0 aliphatic carbocycles. The second-order valence-electron chi connectivity index (χ2n) is 4.96. The van der Waals surface area contributed by atoms with E-state index >= 15 is 0 Å². The first-order chi connectivity index (χ1) is 8.44. The summed E-state index contributed by atoms with van der Waals surface area (Å²) in [5, 5.41) is 3.07. The van der Waals surface area contributed by atoms with E-state index in [4.69, 9.17) is 14.2 Å². The Morgan fingerprint density at radius 3 is 2.28 bits per heavy atom. The Morgan fingerprint density at radius 1 is 1.06 bits per heavy atom. The Balaban J connectivity index is 2.51. The number of methoxy groups -OCH3 is 1. The molecule has 18 heavy (non-hydrogen) atoms. The summed E-state index contributed by atoms with van der Waals surface area (Å²) in [6, 6.07) is 5.70. The average molecular weight is 253 g/mol. The highest BCUT2D eigenvalue weighted by molar-refractivity contribution is 5.53. The van der Waals surface area contributed by atoms with Crippen LogP contribution in [0.1, 0.15) is 20.8 Å². The molecular formula is C14H23NO3.